The van der Waals surface area contributed by atoms with Crippen molar-refractivity contribution in [3.8, 4) is 5.75 Å². The van der Waals surface area contributed by atoms with E-state index in [1.54, 1.807) is 25.1 Å². The van der Waals surface area contributed by atoms with Gasteiger partial charge in [0.15, 0.2) is 5.17 Å². The standard InChI is InChI=1S/C27H20Cl2N2O3S.2ClH/c1-16-23(26(32)33)25(18-10-5-6-13-21(18)34-15-17-8-3-2-4-9-17)31-14-22(35-27(31)30-16)24-19(28)11-7-12-20(24)29;;/h2-14,25H,15H2,1H3,(H,32,33);2*1H. The minimum Gasteiger partial charge on any atom is -0.489 e. The van der Waals surface area contributed by atoms with Crippen LogP contribution in [0.3, 0.4) is 0 Å². The molecule has 0 aromatic heterocycles. The molecule has 0 amide bonds. The fourth-order valence-corrected chi connectivity index (χ4v) is 6.01. The zero-order valence-electron chi connectivity index (χ0n) is 19.4. The van der Waals surface area contributed by atoms with Crippen LogP contribution in [0.1, 0.15) is 29.7 Å². The number of carbonyl (C=O) groups is 1. The first kappa shape index (κ1) is 29.0. The Bertz CT molecular complexity index is 1390. The number of aliphatic carboxylic acids is 1. The van der Waals surface area contributed by atoms with E-state index >= 15 is 0 Å². The van der Waals surface area contributed by atoms with E-state index in [1.807, 2.05) is 65.7 Å². The maximum Gasteiger partial charge on any atom is 0.335 e. The van der Waals surface area contributed by atoms with Gasteiger partial charge < -0.3 is 14.7 Å². The molecule has 37 heavy (non-hydrogen) atoms. The first-order valence-electron chi connectivity index (χ1n) is 10.8. The Balaban J connectivity index is 0.00000190. The van der Waals surface area contributed by atoms with Crippen molar-refractivity contribution in [2.75, 3.05) is 0 Å². The third-order valence-corrected chi connectivity index (χ3v) is 7.42. The SMILES string of the molecule is CC1=C(C(=O)O)C(c2ccccc2OCc2ccccc2)N2C=C(c3c(Cl)cccc3Cl)SC2=N1.Cl.Cl. The molecular weight excluding hydrogens is 574 g/mol. The Labute approximate surface area is 241 Å². The van der Waals surface area contributed by atoms with Crippen LogP contribution < -0.4 is 4.74 Å². The first-order chi connectivity index (χ1) is 16.9. The molecule has 0 radical (unpaired) electrons. The molecule has 5 rings (SSSR count). The molecule has 1 N–H and O–H groups in total. The number of para-hydroxylation sites is 1. The smallest absolute Gasteiger partial charge is 0.335 e. The molecule has 192 valence electrons. The maximum absolute atomic E-state index is 12.4. The molecule has 0 saturated heterocycles. The van der Waals surface area contributed by atoms with E-state index in [9.17, 15) is 9.90 Å². The van der Waals surface area contributed by atoms with Crippen LogP contribution >= 0.6 is 59.8 Å². The Morgan fingerprint density at radius 1 is 1.00 bits per heavy atom. The second kappa shape index (κ2) is 12.3. The number of ether oxygens (including phenoxy) is 1. The van der Waals surface area contributed by atoms with E-state index in [1.165, 1.54) is 11.8 Å². The summed E-state index contributed by atoms with van der Waals surface area (Å²) in [5, 5.41) is 11.9. The number of hydrogen-bond acceptors (Lipinski definition) is 5. The second-order valence-electron chi connectivity index (χ2n) is 8.01. The normalized spacial score (nSPS) is 16.2. The van der Waals surface area contributed by atoms with Crippen molar-refractivity contribution in [2.24, 2.45) is 4.99 Å². The number of thioether (sulfide) groups is 1. The summed E-state index contributed by atoms with van der Waals surface area (Å²) in [4.78, 5) is 19.7. The largest absolute Gasteiger partial charge is 0.489 e. The summed E-state index contributed by atoms with van der Waals surface area (Å²) in [6.07, 6.45) is 1.87. The minimum absolute atomic E-state index is 0. The molecule has 0 fully saturated rings. The van der Waals surface area contributed by atoms with Gasteiger partial charge in [-0.05, 0) is 42.4 Å². The zero-order chi connectivity index (χ0) is 24.5. The Morgan fingerprint density at radius 2 is 1.65 bits per heavy atom. The number of rotatable bonds is 6. The molecule has 0 spiro atoms. The van der Waals surface area contributed by atoms with Gasteiger partial charge in [0.2, 0.25) is 0 Å². The highest BCUT2D eigenvalue weighted by Gasteiger charge is 2.40. The van der Waals surface area contributed by atoms with Gasteiger partial charge in [-0.25, -0.2) is 9.79 Å². The number of allylic oxidation sites excluding steroid dienone is 1. The van der Waals surface area contributed by atoms with Crippen LogP contribution in [0.25, 0.3) is 4.91 Å². The van der Waals surface area contributed by atoms with Crippen molar-refractivity contribution in [1.29, 1.82) is 0 Å². The Kier molecular flexibility index (Phi) is 9.62. The topological polar surface area (TPSA) is 62.1 Å². The summed E-state index contributed by atoms with van der Waals surface area (Å²) in [6.45, 7) is 2.08. The molecule has 3 aromatic rings. The average molecular weight is 596 g/mol. The molecule has 1 unspecified atom stereocenters. The molecule has 3 aromatic carbocycles. The third-order valence-electron chi connectivity index (χ3n) is 5.77. The summed E-state index contributed by atoms with van der Waals surface area (Å²) in [6, 6.07) is 22.0. The van der Waals surface area contributed by atoms with Crippen molar-refractivity contribution >= 4 is 75.8 Å². The monoisotopic (exact) mass is 594 g/mol. The van der Waals surface area contributed by atoms with E-state index in [4.69, 9.17) is 27.9 Å². The zero-order valence-corrected chi connectivity index (χ0v) is 23.4. The van der Waals surface area contributed by atoms with E-state index in [-0.39, 0.29) is 30.4 Å². The van der Waals surface area contributed by atoms with Crippen LogP contribution in [0.15, 0.2) is 95.3 Å². The lowest BCUT2D eigenvalue weighted by Crippen LogP contribution is -2.33. The highest BCUT2D eigenvalue weighted by atomic mass is 35.5. The molecule has 10 heteroatoms. The Hall–Kier alpha value is -2.61. The van der Waals surface area contributed by atoms with Crippen molar-refractivity contribution < 1.29 is 14.6 Å². The molecule has 2 aliphatic rings. The third kappa shape index (κ3) is 5.79. The van der Waals surface area contributed by atoms with E-state index in [0.717, 1.165) is 16.0 Å². The summed E-state index contributed by atoms with van der Waals surface area (Å²) in [5.41, 5.74) is 3.08. The molecule has 2 aliphatic heterocycles. The minimum atomic E-state index is -1.03. The molecule has 0 saturated carbocycles. The number of aliphatic imine (C=N–C) groups is 1. The number of fused-ring (bicyclic) bond motifs is 1. The van der Waals surface area contributed by atoms with Gasteiger partial charge in [0.05, 0.1) is 27.4 Å². The van der Waals surface area contributed by atoms with Crippen molar-refractivity contribution in [3.05, 3.63) is 117 Å². The number of carboxylic acids is 1. The van der Waals surface area contributed by atoms with Crippen molar-refractivity contribution in [3.63, 3.8) is 0 Å². The number of nitrogens with zero attached hydrogens (tertiary/aromatic N) is 2. The predicted octanol–water partition coefficient (Wildman–Crippen LogP) is 8.23. The quantitative estimate of drug-likeness (QED) is 0.311. The fourth-order valence-electron chi connectivity index (χ4n) is 4.16. The maximum atomic E-state index is 12.4. The van der Waals surface area contributed by atoms with Crippen LogP contribution in [0, 0.1) is 0 Å². The number of halogens is 4. The number of benzene rings is 3. The summed E-state index contributed by atoms with van der Waals surface area (Å²) in [5.74, 6) is -0.424. The second-order valence-corrected chi connectivity index (χ2v) is 9.84. The van der Waals surface area contributed by atoms with Gasteiger partial charge in [0.1, 0.15) is 12.4 Å². The molecule has 0 bridgehead atoms. The van der Waals surface area contributed by atoms with Crippen LogP contribution in [-0.2, 0) is 11.4 Å². The van der Waals surface area contributed by atoms with Crippen LogP contribution in [0.5, 0.6) is 5.75 Å². The van der Waals surface area contributed by atoms with Crippen LogP contribution in [-0.4, -0.2) is 21.1 Å². The van der Waals surface area contributed by atoms with Gasteiger partial charge in [-0.2, -0.15) is 0 Å². The Morgan fingerprint density at radius 3 is 2.32 bits per heavy atom. The van der Waals surface area contributed by atoms with Gasteiger partial charge in [-0.1, -0.05) is 77.8 Å². The highest BCUT2D eigenvalue weighted by molar-refractivity contribution is 8.22. The van der Waals surface area contributed by atoms with Gasteiger partial charge in [0, 0.05) is 22.2 Å². The predicted molar refractivity (Wildman–Crippen MR) is 156 cm³/mol. The van der Waals surface area contributed by atoms with Gasteiger partial charge in [-0.3, -0.25) is 0 Å². The van der Waals surface area contributed by atoms with E-state index < -0.39 is 12.0 Å². The molecule has 2 heterocycles. The van der Waals surface area contributed by atoms with Crippen LogP contribution in [0.4, 0.5) is 0 Å². The lowest BCUT2D eigenvalue weighted by molar-refractivity contribution is -0.133. The lowest BCUT2D eigenvalue weighted by atomic mass is 9.94. The number of carboxylic acid groups (broad SMARTS) is 1. The summed E-state index contributed by atoms with van der Waals surface area (Å²) in [7, 11) is 0. The summed E-state index contributed by atoms with van der Waals surface area (Å²) >= 11 is 14.4. The first-order valence-corrected chi connectivity index (χ1v) is 12.4. The van der Waals surface area contributed by atoms with Gasteiger partial charge in [-0.15, -0.1) is 24.8 Å². The van der Waals surface area contributed by atoms with Crippen LogP contribution in [0.2, 0.25) is 10.0 Å². The molecule has 5 nitrogen and oxygen atoms in total. The van der Waals surface area contributed by atoms with Crippen molar-refractivity contribution in [1.82, 2.24) is 4.90 Å². The molecular formula is C27H22Cl4N2O3S. The summed E-state index contributed by atoms with van der Waals surface area (Å²) < 4.78 is 6.19. The van der Waals surface area contributed by atoms with E-state index in [0.29, 0.717) is 38.8 Å². The molecule has 1 atom stereocenters. The van der Waals surface area contributed by atoms with Gasteiger partial charge >= 0.3 is 5.97 Å². The van der Waals surface area contributed by atoms with Gasteiger partial charge in [0.25, 0.3) is 0 Å². The number of amidine groups is 1. The molecule has 0 aliphatic carbocycles. The van der Waals surface area contributed by atoms with Crippen molar-refractivity contribution in [2.45, 2.75) is 19.6 Å². The van der Waals surface area contributed by atoms with E-state index in [2.05, 4.69) is 4.99 Å². The fraction of sp³-hybridized carbons (Fsp3) is 0.111. The lowest BCUT2D eigenvalue weighted by Gasteiger charge is -2.33. The highest BCUT2D eigenvalue weighted by Crippen LogP contribution is 2.50. The number of hydrogen-bond donors (Lipinski definition) is 1. The average Bonchev–Trinajstić information content (AvgIpc) is 3.25.